The first-order valence-electron chi connectivity index (χ1n) is 8.84. The van der Waals surface area contributed by atoms with Crippen molar-refractivity contribution in [2.75, 3.05) is 7.11 Å². The molecule has 0 spiro atoms. The van der Waals surface area contributed by atoms with Crippen molar-refractivity contribution in [1.82, 2.24) is 0 Å². The van der Waals surface area contributed by atoms with Gasteiger partial charge < -0.3 is 4.74 Å². The summed E-state index contributed by atoms with van der Waals surface area (Å²) in [5, 5.41) is 8.51. The highest BCUT2D eigenvalue weighted by molar-refractivity contribution is 6.34. The van der Waals surface area contributed by atoms with Crippen LogP contribution in [0.15, 0.2) is 30.3 Å². The van der Waals surface area contributed by atoms with E-state index in [0.29, 0.717) is 0 Å². The molecule has 0 aromatic heterocycles. The molecule has 0 saturated heterocycles. The van der Waals surface area contributed by atoms with Crippen LogP contribution in [0.5, 0.6) is 0 Å². The molecule has 0 amide bonds. The van der Waals surface area contributed by atoms with Gasteiger partial charge in [0.15, 0.2) is 0 Å². The molecule has 2 nitrogen and oxygen atoms in total. The maximum Gasteiger partial charge on any atom is 0.338 e. The predicted octanol–water partition coefficient (Wildman–Crippen LogP) is 4.65. The zero-order valence-corrected chi connectivity index (χ0v) is 13.8. The molecular weight excluding hydrogens is 308 g/mol. The van der Waals surface area contributed by atoms with Gasteiger partial charge in [-0.3, -0.25) is 0 Å². The van der Waals surface area contributed by atoms with Crippen LogP contribution >= 0.6 is 0 Å². The molecule has 0 unspecified atom stereocenters. The Bertz CT molecular complexity index is 1320. The van der Waals surface area contributed by atoms with E-state index in [0.717, 1.165) is 24.8 Å². The Labute approximate surface area is 144 Å². The van der Waals surface area contributed by atoms with Crippen LogP contribution in [-0.4, -0.2) is 13.1 Å². The number of methoxy groups -OCH3 is 1. The second kappa shape index (κ2) is 3.70. The van der Waals surface area contributed by atoms with Gasteiger partial charge in [0.2, 0.25) is 0 Å². The van der Waals surface area contributed by atoms with Crippen molar-refractivity contribution >= 4 is 38.3 Å². The van der Waals surface area contributed by atoms with Crippen LogP contribution < -0.4 is 0 Å². The minimum atomic E-state index is -0.207. The molecule has 7 rings (SSSR count). The average molecular weight is 322 g/mol. The normalized spacial score (nSPS) is 15.1. The second-order valence-electron chi connectivity index (χ2n) is 7.60. The smallest absolute Gasteiger partial charge is 0.338 e. The molecule has 2 heteroatoms. The molecule has 0 radical (unpaired) electrons. The van der Waals surface area contributed by atoms with E-state index in [1.54, 1.807) is 0 Å². The van der Waals surface area contributed by atoms with E-state index in [2.05, 4.69) is 30.3 Å². The molecule has 0 bridgehead atoms. The Kier molecular flexibility index (Phi) is 1.85. The lowest BCUT2D eigenvalue weighted by atomic mass is 9.93. The van der Waals surface area contributed by atoms with Gasteiger partial charge in [0.1, 0.15) is 0 Å². The highest BCUT2D eigenvalue weighted by atomic mass is 16.5. The number of ether oxygens (including phenoxy) is 1. The van der Waals surface area contributed by atoms with Gasteiger partial charge in [-0.1, -0.05) is 24.3 Å². The summed E-state index contributed by atoms with van der Waals surface area (Å²) in [5.41, 5.74) is 8.90. The van der Waals surface area contributed by atoms with Crippen molar-refractivity contribution in [2.45, 2.75) is 19.3 Å². The average Bonchev–Trinajstić information content (AvgIpc) is 3.28. The fourth-order valence-electron chi connectivity index (χ4n) is 5.67. The summed E-state index contributed by atoms with van der Waals surface area (Å²) in [7, 11) is 1.48. The Hall–Kier alpha value is -2.87. The minimum Gasteiger partial charge on any atom is -0.465 e. The van der Waals surface area contributed by atoms with E-state index in [1.165, 1.54) is 72.8 Å². The number of carbonyl (C=O) groups is 1. The van der Waals surface area contributed by atoms with Gasteiger partial charge in [-0.2, -0.15) is 0 Å². The number of hydrogen-bond donors (Lipinski definition) is 0. The maximum atomic E-state index is 12.5. The maximum absolute atomic E-state index is 12.5. The van der Waals surface area contributed by atoms with E-state index in [4.69, 9.17) is 4.74 Å². The fourth-order valence-corrected chi connectivity index (χ4v) is 5.67. The molecule has 0 aliphatic heterocycles. The van der Waals surface area contributed by atoms with E-state index < -0.39 is 0 Å². The number of hydrogen-bond acceptors (Lipinski definition) is 2. The van der Waals surface area contributed by atoms with Crippen LogP contribution in [-0.2, 0) is 24.0 Å². The summed E-state index contributed by atoms with van der Waals surface area (Å²) in [6, 6.07) is 11.3. The molecule has 0 atom stereocenters. The third kappa shape index (κ3) is 1.17. The largest absolute Gasteiger partial charge is 0.465 e. The Morgan fingerprint density at radius 2 is 1.20 bits per heavy atom. The molecule has 3 aliphatic carbocycles. The van der Waals surface area contributed by atoms with Crippen LogP contribution in [0.25, 0.3) is 32.3 Å². The zero-order chi connectivity index (χ0) is 16.4. The van der Waals surface area contributed by atoms with Gasteiger partial charge in [-0.25, -0.2) is 4.79 Å². The number of rotatable bonds is 1. The first kappa shape index (κ1) is 12.5. The molecule has 25 heavy (non-hydrogen) atoms. The molecule has 0 N–H and O–H groups in total. The third-order valence-electron chi connectivity index (χ3n) is 6.56. The van der Waals surface area contributed by atoms with Gasteiger partial charge in [-0.05, 0) is 91.0 Å². The van der Waals surface area contributed by atoms with Crippen molar-refractivity contribution in [2.24, 2.45) is 0 Å². The number of benzene rings is 4. The van der Waals surface area contributed by atoms with Crippen molar-refractivity contribution in [1.29, 1.82) is 0 Å². The van der Waals surface area contributed by atoms with Gasteiger partial charge in [0.25, 0.3) is 0 Å². The van der Waals surface area contributed by atoms with Crippen molar-refractivity contribution in [3.8, 4) is 0 Å². The SMILES string of the molecule is COC(=O)c1cc2c3c4c(ccc5c4c4c(ccc6c4c3c1C6)C5)C2. The first-order chi connectivity index (χ1) is 12.3. The standard InChI is InChI=1S/C23H14O2/c1-25-23(24)16-9-14-7-12-3-2-10-6-11-4-5-13-8-15(16)22-20(13)18(11)17(10)19(12)21(14)22/h2-5,9H,6-8H2,1H3. The van der Waals surface area contributed by atoms with Crippen molar-refractivity contribution in [3.63, 3.8) is 0 Å². The van der Waals surface area contributed by atoms with Crippen LogP contribution in [0.1, 0.15) is 43.7 Å². The number of esters is 1. The Morgan fingerprint density at radius 1 is 0.720 bits per heavy atom. The molecule has 118 valence electrons. The zero-order valence-electron chi connectivity index (χ0n) is 13.8. The van der Waals surface area contributed by atoms with Gasteiger partial charge >= 0.3 is 5.97 Å². The van der Waals surface area contributed by atoms with Gasteiger partial charge in [0.05, 0.1) is 12.7 Å². The summed E-state index contributed by atoms with van der Waals surface area (Å²) in [6.45, 7) is 0. The molecule has 0 fully saturated rings. The van der Waals surface area contributed by atoms with Crippen LogP contribution in [0.4, 0.5) is 0 Å². The van der Waals surface area contributed by atoms with Gasteiger partial charge in [0, 0.05) is 0 Å². The fraction of sp³-hybridized carbons (Fsp3) is 0.174. The lowest BCUT2D eigenvalue weighted by molar-refractivity contribution is 0.0600. The summed E-state index contributed by atoms with van der Waals surface area (Å²) < 4.78 is 5.10. The van der Waals surface area contributed by atoms with Gasteiger partial charge in [-0.15, -0.1) is 0 Å². The van der Waals surface area contributed by atoms with E-state index in [1.807, 2.05) is 0 Å². The Balaban J connectivity index is 1.86. The third-order valence-corrected chi connectivity index (χ3v) is 6.56. The monoisotopic (exact) mass is 322 g/mol. The summed E-state index contributed by atoms with van der Waals surface area (Å²) in [5.74, 6) is -0.207. The van der Waals surface area contributed by atoms with E-state index in [-0.39, 0.29) is 5.97 Å². The summed E-state index contributed by atoms with van der Waals surface area (Å²) in [4.78, 5) is 12.5. The number of carbonyl (C=O) groups excluding carboxylic acids is 1. The van der Waals surface area contributed by atoms with Crippen molar-refractivity contribution < 1.29 is 9.53 Å². The van der Waals surface area contributed by atoms with Crippen LogP contribution in [0, 0.1) is 0 Å². The first-order valence-corrected chi connectivity index (χ1v) is 8.84. The molecular formula is C23H14O2. The highest BCUT2D eigenvalue weighted by Gasteiger charge is 2.33. The predicted molar refractivity (Wildman–Crippen MR) is 98.7 cm³/mol. The van der Waals surface area contributed by atoms with Crippen molar-refractivity contribution in [3.05, 3.63) is 69.3 Å². The van der Waals surface area contributed by atoms with Crippen LogP contribution in [0.3, 0.4) is 0 Å². The Morgan fingerprint density at radius 3 is 1.80 bits per heavy atom. The van der Waals surface area contributed by atoms with E-state index >= 15 is 0 Å². The lowest BCUT2D eigenvalue weighted by Crippen LogP contribution is -2.06. The molecule has 4 aromatic carbocycles. The summed E-state index contributed by atoms with van der Waals surface area (Å²) in [6.07, 6.45) is 2.80. The quantitative estimate of drug-likeness (QED) is 0.325. The van der Waals surface area contributed by atoms with E-state index in [9.17, 15) is 4.79 Å². The second-order valence-corrected chi connectivity index (χ2v) is 7.60. The minimum absolute atomic E-state index is 0.207. The van der Waals surface area contributed by atoms with Crippen LogP contribution in [0.2, 0.25) is 0 Å². The summed E-state index contributed by atoms with van der Waals surface area (Å²) >= 11 is 0. The molecule has 4 aromatic rings. The topological polar surface area (TPSA) is 26.3 Å². The molecule has 0 heterocycles. The highest BCUT2D eigenvalue weighted by Crippen LogP contribution is 2.53. The molecule has 0 saturated carbocycles. The molecule has 3 aliphatic rings. The lowest BCUT2D eigenvalue weighted by Gasteiger charge is -2.11.